The van der Waals surface area contributed by atoms with Gasteiger partial charge in [-0.15, -0.1) is 11.8 Å². The molecule has 0 saturated carbocycles. The molecule has 0 aromatic heterocycles. The SMILES string of the molecule is O=C(O)CSCC1CCN(c2ccc(N3CCCc4ccc(C(F)(F)F)cc43)cc2[N+](=O)[O-])CC1. The van der Waals surface area contributed by atoms with E-state index >= 15 is 0 Å². The largest absolute Gasteiger partial charge is 0.481 e. The normalized spacial score (nSPS) is 16.8. The van der Waals surface area contributed by atoms with Crippen molar-refractivity contribution in [1.82, 2.24) is 0 Å². The number of thioether (sulfide) groups is 1. The molecular formula is C24H26F3N3O4S. The number of fused-ring (bicyclic) bond motifs is 1. The first-order valence-electron chi connectivity index (χ1n) is 11.4. The number of aliphatic carboxylic acids is 1. The molecule has 0 spiro atoms. The van der Waals surface area contributed by atoms with Gasteiger partial charge in [0.05, 0.1) is 16.2 Å². The Morgan fingerprint density at radius 1 is 1.11 bits per heavy atom. The molecule has 0 atom stereocenters. The highest BCUT2D eigenvalue weighted by Gasteiger charge is 2.33. The number of halogens is 3. The van der Waals surface area contributed by atoms with Crippen molar-refractivity contribution in [3.05, 3.63) is 57.6 Å². The molecule has 0 bridgehead atoms. The van der Waals surface area contributed by atoms with Crippen molar-refractivity contribution in [2.24, 2.45) is 5.92 Å². The Hall–Kier alpha value is -2.95. The van der Waals surface area contributed by atoms with Gasteiger partial charge < -0.3 is 14.9 Å². The Balaban J connectivity index is 1.55. The van der Waals surface area contributed by atoms with Crippen LogP contribution in [0.2, 0.25) is 0 Å². The van der Waals surface area contributed by atoms with Gasteiger partial charge in [0, 0.05) is 37.1 Å². The molecular weight excluding hydrogens is 483 g/mol. The van der Waals surface area contributed by atoms with E-state index in [2.05, 4.69) is 0 Å². The van der Waals surface area contributed by atoms with Crippen molar-refractivity contribution in [3.8, 4) is 0 Å². The van der Waals surface area contributed by atoms with Crippen molar-refractivity contribution in [2.45, 2.75) is 31.9 Å². The summed E-state index contributed by atoms with van der Waals surface area (Å²) in [7, 11) is 0. The Kier molecular flexibility index (Phi) is 7.44. The number of carboxylic acid groups (broad SMARTS) is 1. The summed E-state index contributed by atoms with van der Waals surface area (Å²) in [6, 6.07) is 8.59. The molecule has 2 aromatic rings. The number of nitrogens with zero attached hydrogens (tertiary/aromatic N) is 3. The smallest absolute Gasteiger partial charge is 0.416 e. The van der Waals surface area contributed by atoms with Crippen LogP contribution in [0.3, 0.4) is 0 Å². The van der Waals surface area contributed by atoms with Gasteiger partial charge in [-0.3, -0.25) is 14.9 Å². The summed E-state index contributed by atoms with van der Waals surface area (Å²) in [4.78, 5) is 25.9. The lowest BCUT2D eigenvalue weighted by atomic mass is 9.97. The molecule has 1 N–H and O–H groups in total. The van der Waals surface area contributed by atoms with Crippen molar-refractivity contribution < 1.29 is 28.0 Å². The number of carboxylic acids is 1. The van der Waals surface area contributed by atoms with Gasteiger partial charge in [-0.2, -0.15) is 13.2 Å². The Labute approximate surface area is 205 Å². The molecule has 7 nitrogen and oxygen atoms in total. The van der Waals surface area contributed by atoms with Crippen LogP contribution in [-0.2, 0) is 17.4 Å². The molecule has 0 amide bonds. The summed E-state index contributed by atoms with van der Waals surface area (Å²) < 4.78 is 39.9. The van der Waals surface area contributed by atoms with E-state index < -0.39 is 22.6 Å². The molecule has 4 rings (SSSR count). The number of rotatable bonds is 7. The number of aryl methyl sites for hydroxylation is 1. The van der Waals surface area contributed by atoms with E-state index in [4.69, 9.17) is 5.11 Å². The van der Waals surface area contributed by atoms with E-state index in [0.29, 0.717) is 49.0 Å². The number of alkyl halides is 3. The van der Waals surface area contributed by atoms with Crippen LogP contribution in [0, 0.1) is 16.0 Å². The van der Waals surface area contributed by atoms with Gasteiger partial charge in [0.15, 0.2) is 0 Å². The molecule has 11 heteroatoms. The fourth-order valence-corrected chi connectivity index (χ4v) is 5.73. The van der Waals surface area contributed by atoms with Crippen molar-refractivity contribution in [1.29, 1.82) is 0 Å². The lowest BCUT2D eigenvalue weighted by molar-refractivity contribution is -0.384. The second-order valence-corrected chi connectivity index (χ2v) is 9.90. The quantitative estimate of drug-likeness (QED) is 0.377. The number of benzene rings is 2. The van der Waals surface area contributed by atoms with E-state index in [9.17, 15) is 28.1 Å². The fourth-order valence-electron chi connectivity index (χ4n) is 4.77. The molecule has 1 fully saturated rings. The molecule has 2 aromatic carbocycles. The highest BCUT2D eigenvalue weighted by Crippen LogP contribution is 2.41. The van der Waals surface area contributed by atoms with Crippen molar-refractivity contribution >= 4 is 40.5 Å². The first-order chi connectivity index (χ1) is 16.6. The number of piperidine rings is 1. The topological polar surface area (TPSA) is 86.9 Å². The lowest BCUT2D eigenvalue weighted by Crippen LogP contribution is -2.35. The van der Waals surface area contributed by atoms with Gasteiger partial charge in [-0.05, 0) is 67.2 Å². The average Bonchev–Trinajstić information content (AvgIpc) is 2.82. The second-order valence-electron chi connectivity index (χ2n) is 8.87. The van der Waals surface area contributed by atoms with E-state index in [1.807, 2.05) is 4.90 Å². The van der Waals surface area contributed by atoms with E-state index in [-0.39, 0.29) is 11.4 Å². The number of nitro benzene ring substituents is 1. The van der Waals surface area contributed by atoms with E-state index in [1.54, 1.807) is 17.0 Å². The molecule has 0 aliphatic carbocycles. The minimum absolute atomic E-state index is 0.0667. The predicted octanol–water partition coefficient (Wildman–Crippen LogP) is 5.73. The van der Waals surface area contributed by atoms with E-state index in [0.717, 1.165) is 42.7 Å². The number of anilines is 3. The standard InChI is InChI=1S/C24H26F3N3O4S/c25-24(26,27)18-4-3-17-2-1-9-29(21(17)12-18)19-5-6-20(22(13-19)30(33)34)28-10-7-16(8-11-28)14-35-15-23(31)32/h3-6,12-13,16H,1-2,7-11,14-15H2,(H,31,32). The zero-order chi connectivity index (χ0) is 25.2. The third-order valence-corrected chi connectivity index (χ3v) is 7.69. The van der Waals surface area contributed by atoms with Crippen molar-refractivity contribution in [3.63, 3.8) is 0 Å². The Morgan fingerprint density at radius 3 is 2.51 bits per heavy atom. The van der Waals surface area contributed by atoms with Gasteiger partial charge in [0.25, 0.3) is 5.69 Å². The molecule has 2 aliphatic rings. The summed E-state index contributed by atoms with van der Waals surface area (Å²) in [5.41, 5.74) is 1.42. The van der Waals surface area contributed by atoms with Crippen LogP contribution in [-0.4, -0.2) is 47.1 Å². The highest BCUT2D eigenvalue weighted by molar-refractivity contribution is 7.99. The molecule has 0 unspecified atom stereocenters. The molecule has 1 saturated heterocycles. The maximum atomic E-state index is 13.3. The monoisotopic (exact) mass is 509 g/mol. The van der Waals surface area contributed by atoms with E-state index in [1.165, 1.54) is 23.9 Å². The van der Waals surface area contributed by atoms with Gasteiger partial charge in [-0.1, -0.05) is 6.07 Å². The number of hydrogen-bond acceptors (Lipinski definition) is 6. The lowest BCUT2D eigenvalue weighted by Gasteiger charge is -2.34. The van der Waals surface area contributed by atoms with Crippen molar-refractivity contribution in [2.75, 3.05) is 40.9 Å². The Morgan fingerprint density at radius 2 is 1.86 bits per heavy atom. The molecule has 2 aliphatic heterocycles. The zero-order valence-electron chi connectivity index (χ0n) is 19.0. The maximum Gasteiger partial charge on any atom is 0.416 e. The molecule has 35 heavy (non-hydrogen) atoms. The first-order valence-corrected chi connectivity index (χ1v) is 12.6. The zero-order valence-corrected chi connectivity index (χ0v) is 19.8. The molecule has 0 radical (unpaired) electrons. The van der Waals surface area contributed by atoms with Gasteiger partial charge >= 0.3 is 12.1 Å². The number of carbonyl (C=O) groups is 1. The number of hydrogen-bond donors (Lipinski definition) is 1. The second kappa shape index (κ2) is 10.3. The average molecular weight is 510 g/mol. The minimum atomic E-state index is -4.47. The van der Waals surface area contributed by atoms with Gasteiger partial charge in [0.1, 0.15) is 5.69 Å². The predicted molar refractivity (Wildman–Crippen MR) is 130 cm³/mol. The first kappa shape index (κ1) is 25.2. The van der Waals surface area contributed by atoms with Crippen LogP contribution < -0.4 is 9.80 Å². The van der Waals surface area contributed by atoms with Gasteiger partial charge in [0.2, 0.25) is 0 Å². The van der Waals surface area contributed by atoms with Gasteiger partial charge in [-0.25, -0.2) is 0 Å². The van der Waals surface area contributed by atoms with Crippen LogP contribution in [0.25, 0.3) is 0 Å². The molecule has 188 valence electrons. The molecule has 2 heterocycles. The maximum absolute atomic E-state index is 13.3. The summed E-state index contributed by atoms with van der Waals surface area (Å²) in [6.45, 7) is 1.73. The summed E-state index contributed by atoms with van der Waals surface area (Å²) in [5, 5.41) is 20.7. The minimum Gasteiger partial charge on any atom is -0.481 e. The highest BCUT2D eigenvalue weighted by atomic mass is 32.2. The summed E-state index contributed by atoms with van der Waals surface area (Å²) in [6.07, 6.45) is -1.45. The summed E-state index contributed by atoms with van der Waals surface area (Å²) >= 11 is 1.39. The van der Waals surface area contributed by atoms with Crippen LogP contribution in [0.5, 0.6) is 0 Å². The van der Waals surface area contributed by atoms with Crippen LogP contribution >= 0.6 is 11.8 Å². The van der Waals surface area contributed by atoms with Crippen LogP contribution in [0.4, 0.5) is 35.9 Å². The fraction of sp³-hybridized carbons (Fsp3) is 0.458. The summed E-state index contributed by atoms with van der Waals surface area (Å²) in [5.74, 6) is 0.336. The third kappa shape index (κ3) is 5.83. The van der Waals surface area contributed by atoms with Crippen LogP contribution in [0.1, 0.15) is 30.4 Å². The van der Waals surface area contributed by atoms with Crippen LogP contribution in [0.15, 0.2) is 36.4 Å². The third-order valence-electron chi connectivity index (χ3n) is 6.53. The number of nitro groups is 1. The Bertz CT molecular complexity index is 1100.